The normalized spacial score (nSPS) is 10.6. The number of amides is 2. The van der Waals surface area contributed by atoms with Gasteiger partial charge in [-0.15, -0.1) is 0 Å². The maximum Gasteiger partial charge on any atom is 0.374 e. The van der Waals surface area contributed by atoms with Crippen LogP contribution in [0, 0.1) is 0 Å². The van der Waals surface area contributed by atoms with Gasteiger partial charge < -0.3 is 23.8 Å². The third-order valence-electron chi connectivity index (χ3n) is 3.85. The number of rotatable bonds is 7. The molecule has 0 fully saturated rings. The van der Waals surface area contributed by atoms with Crippen LogP contribution in [0.4, 0.5) is 0 Å². The minimum Gasteiger partial charge on any atom is -0.467 e. The molecule has 2 aromatic heterocycles. The fourth-order valence-electron chi connectivity index (χ4n) is 2.38. The summed E-state index contributed by atoms with van der Waals surface area (Å²) < 4.78 is 15.4. The summed E-state index contributed by atoms with van der Waals surface area (Å²) in [6.45, 7) is -0.474. The molecule has 28 heavy (non-hydrogen) atoms. The lowest BCUT2D eigenvalue weighted by molar-refractivity contribution is -0.137. The summed E-state index contributed by atoms with van der Waals surface area (Å²) in [6.07, 6.45) is 1.50. The quantitative estimate of drug-likeness (QED) is 0.607. The molecular formula is C19H17ClN2O6. The monoisotopic (exact) mass is 404 g/mol. The Hall–Kier alpha value is -3.26. The summed E-state index contributed by atoms with van der Waals surface area (Å²) in [5.74, 6) is -1.11. The van der Waals surface area contributed by atoms with Crippen molar-refractivity contribution in [3.8, 4) is 0 Å². The van der Waals surface area contributed by atoms with Crippen molar-refractivity contribution in [3.63, 3.8) is 0 Å². The molecular weight excluding hydrogens is 388 g/mol. The predicted molar refractivity (Wildman–Crippen MR) is 99.7 cm³/mol. The highest BCUT2D eigenvalue weighted by atomic mass is 35.5. The summed E-state index contributed by atoms with van der Waals surface area (Å²) in [4.78, 5) is 37.2. The third-order valence-corrected chi connectivity index (χ3v) is 4.09. The number of likely N-dealkylation sites (N-methyl/N-ethyl adjacent to an activating group) is 1. The molecule has 0 bridgehead atoms. The Balaban J connectivity index is 1.46. The van der Waals surface area contributed by atoms with Crippen LogP contribution in [0.25, 0.3) is 11.0 Å². The van der Waals surface area contributed by atoms with Crippen LogP contribution in [0.2, 0.25) is 5.02 Å². The maximum absolute atomic E-state index is 12.1. The lowest BCUT2D eigenvalue weighted by atomic mass is 10.2. The summed E-state index contributed by atoms with van der Waals surface area (Å²) in [7, 11) is 1.44. The lowest BCUT2D eigenvalue weighted by Crippen LogP contribution is -2.39. The van der Waals surface area contributed by atoms with Crippen LogP contribution in [-0.2, 0) is 20.9 Å². The summed E-state index contributed by atoms with van der Waals surface area (Å²) >= 11 is 5.89. The fourth-order valence-corrected chi connectivity index (χ4v) is 2.56. The van der Waals surface area contributed by atoms with Crippen molar-refractivity contribution in [1.29, 1.82) is 0 Å². The van der Waals surface area contributed by atoms with Crippen LogP contribution in [0.1, 0.15) is 16.3 Å². The van der Waals surface area contributed by atoms with E-state index in [1.165, 1.54) is 19.4 Å². The Morgan fingerprint density at radius 2 is 2.04 bits per heavy atom. The number of halogens is 1. The second-order valence-corrected chi connectivity index (χ2v) is 6.41. The Morgan fingerprint density at radius 3 is 2.79 bits per heavy atom. The Morgan fingerprint density at radius 1 is 1.21 bits per heavy atom. The third kappa shape index (κ3) is 4.92. The Bertz CT molecular complexity index is 995. The van der Waals surface area contributed by atoms with Crippen LogP contribution in [0.15, 0.2) is 51.5 Å². The van der Waals surface area contributed by atoms with Gasteiger partial charge in [-0.05, 0) is 36.4 Å². The molecule has 1 N–H and O–H groups in total. The lowest BCUT2D eigenvalue weighted by Gasteiger charge is -2.16. The number of carbonyl (C=O) groups is 3. The van der Waals surface area contributed by atoms with Crippen LogP contribution >= 0.6 is 11.6 Å². The summed E-state index contributed by atoms with van der Waals surface area (Å²) in [5, 5.41) is 3.78. The van der Waals surface area contributed by atoms with Gasteiger partial charge in [0.25, 0.3) is 5.91 Å². The molecule has 0 spiro atoms. The van der Waals surface area contributed by atoms with Crippen LogP contribution in [0.3, 0.4) is 0 Å². The molecule has 0 aliphatic carbocycles. The first-order chi connectivity index (χ1) is 13.4. The van der Waals surface area contributed by atoms with E-state index in [9.17, 15) is 14.4 Å². The van der Waals surface area contributed by atoms with E-state index >= 15 is 0 Å². The van der Waals surface area contributed by atoms with Gasteiger partial charge in [0, 0.05) is 17.5 Å². The zero-order valence-electron chi connectivity index (χ0n) is 14.9. The minimum absolute atomic E-state index is 0.0380. The number of hydrogen-bond donors (Lipinski definition) is 1. The summed E-state index contributed by atoms with van der Waals surface area (Å²) in [5.41, 5.74) is 0.480. The number of ether oxygens (including phenoxy) is 1. The largest absolute Gasteiger partial charge is 0.467 e. The second kappa shape index (κ2) is 8.62. The highest BCUT2D eigenvalue weighted by Crippen LogP contribution is 2.23. The highest BCUT2D eigenvalue weighted by molar-refractivity contribution is 6.31. The van der Waals surface area contributed by atoms with Crippen LogP contribution < -0.4 is 5.32 Å². The molecule has 1 aromatic carbocycles. The first kappa shape index (κ1) is 19.5. The van der Waals surface area contributed by atoms with E-state index in [0.717, 1.165) is 4.90 Å². The molecule has 0 aliphatic heterocycles. The van der Waals surface area contributed by atoms with Crippen molar-refractivity contribution in [1.82, 2.24) is 10.2 Å². The van der Waals surface area contributed by atoms with E-state index in [1.54, 1.807) is 30.3 Å². The van der Waals surface area contributed by atoms with Crippen LogP contribution in [0.5, 0.6) is 0 Å². The zero-order valence-corrected chi connectivity index (χ0v) is 15.7. The minimum atomic E-state index is -0.781. The van der Waals surface area contributed by atoms with Gasteiger partial charge in [-0.3, -0.25) is 9.59 Å². The molecule has 0 unspecified atom stereocenters. The molecule has 8 nitrogen and oxygen atoms in total. The molecule has 0 aliphatic rings. The topological polar surface area (TPSA) is 102 Å². The van der Waals surface area contributed by atoms with E-state index in [1.807, 2.05) is 0 Å². The van der Waals surface area contributed by atoms with Gasteiger partial charge in [-0.2, -0.15) is 0 Å². The SMILES string of the molecule is CN(CC(=O)NCc1ccco1)C(=O)COC(=O)c1cc2cc(Cl)ccc2o1. The van der Waals surface area contributed by atoms with Crippen molar-refractivity contribution in [3.05, 3.63) is 59.2 Å². The molecule has 9 heteroatoms. The number of benzene rings is 1. The van der Waals surface area contributed by atoms with Crippen molar-refractivity contribution >= 4 is 40.4 Å². The average molecular weight is 405 g/mol. The molecule has 0 radical (unpaired) electrons. The van der Waals surface area contributed by atoms with Crippen LogP contribution in [-0.4, -0.2) is 42.9 Å². The van der Waals surface area contributed by atoms with Crippen molar-refractivity contribution in [2.45, 2.75) is 6.54 Å². The number of nitrogens with zero attached hydrogens (tertiary/aromatic N) is 1. The number of carbonyl (C=O) groups excluding carboxylic acids is 3. The molecule has 2 heterocycles. The van der Waals surface area contributed by atoms with E-state index in [2.05, 4.69) is 5.32 Å². The molecule has 3 rings (SSSR count). The number of fused-ring (bicyclic) bond motifs is 1. The van der Waals surface area contributed by atoms with Crippen molar-refractivity contribution in [2.24, 2.45) is 0 Å². The number of furan rings is 2. The Labute approximate surface area is 165 Å². The average Bonchev–Trinajstić information content (AvgIpc) is 3.33. The maximum atomic E-state index is 12.1. The van der Waals surface area contributed by atoms with E-state index in [4.69, 9.17) is 25.2 Å². The van der Waals surface area contributed by atoms with E-state index in [0.29, 0.717) is 21.8 Å². The van der Waals surface area contributed by atoms with Crippen molar-refractivity contribution in [2.75, 3.05) is 20.2 Å². The van der Waals surface area contributed by atoms with Gasteiger partial charge >= 0.3 is 5.97 Å². The zero-order chi connectivity index (χ0) is 20.1. The molecule has 146 valence electrons. The Kier molecular flexibility index (Phi) is 6.00. The predicted octanol–water partition coefficient (Wildman–Crippen LogP) is 2.61. The van der Waals surface area contributed by atoms with E-state index < -0.39 is 18.5 Å². The van der Waals surface area contributed by atoms with Gasteiger partial charge in [0.05, 0.1) is 19.4 Å². The first-order valence-electron chi connectivity index (χ1n) is 8.31. The number of hydrogen-bond acceptors (Lipinski definition) is 6. The number of nitrogens with one attached hydrogen (secondary N) is 1. The van der Waals surface area contributed by atoms with Gasteiger partial charge in [0.2, 0.25) is 11.7 Å². The molecule has 0 atom stereocenters. The fraction of sp³-hybridized carbons (Fsp3) is 0.211. The first-order valence-corrected chi connectivity index (χ1v) is 8.69. The number of esters is 1. The summed E-state index contributed by atoms with van der Waals surface area (Å²) in [6, 6.07) is 9.84. The van der Waals surface area contributed by atoms with E-state index in [-0.39, 0.29) is 24.8 Å². The van der Waals surface area contributed by atoms with Gasteiger partial charge in [0.15, 0.2) is 6.61 Å². The smallest absolute Gasteiger partial charge is 0.374 e. The highest BCUT2D eigenvalue weighted by Gasteiger charge is 2.18. The van der Waals surface area contributed by atoms with Gasteiger partial charge in [-0.1, -0.05) is 11.6 Å². The van der Waals surface area contributed by atoms with Crippen molar-refractivity contribution < 1.29 is 28.0 Å². The molecule has 0 saturated heterocycles. The van der Waals surface area contributed by atoms with Gasteiger partial charge in [0.1, 0.15) is 11.3 Å². The molecule has 2 amide bonds. The second-order valence-electron chi connectivity index (χ2n) is 5.97. The standard InChI is InChI=1S/C19H17ClN2O6/c1-22(10-17(23)21-9-14-3-2-6-26-14)18(24)11-27-19(25)16-8-12-7-13(20)4-5-15(12)28-16/h2-8H,9-11H2,1H3,(H,21,23). The molecule has 0 saturated carbocycles. The van der Waals surface area contributed by atoms with Gasteiger partial charge in [-0.25, -0.2) is 4.79 Å². The molecule has 3 aromatic rings.